The van der Waals surface area contributed by atoms with Gasteiger partial charge in [-0.3, -0.25) is 4.79 Å². The number of nitrogens with one attached hydrogen (secondary N) is 1. The Morgan fingerprint density at radius 2 is 1.91 bits per heavy atom. The number of aryl methyl sites for hydroxylation is 2. The van der Waals surface area contributed by atoms with Crippen molar-refractivity contribution in [3.8, 4) is 21.9 Å². The Morgan fingerprint density at radius 1 is 1.06 bits per heavy atom. The van der Waals surface area contributed by atoms with Crippen molar-refractivity contribution in [2.75, 3.05) is 19.5 Å². The van der Waals surface area contributed by atoms with Gasteiger partial charge in [-0.25, -0.2) is 4.68 Å². The summed E-state index contributed by atoms with van der Waals surface area (Å²) < 4.78 is 12.7. The number of hydrogen-bond donors (Lipinski definition) is 1. The van der Waals surface area contributed by atoms with Crippen LogP contribution in [-0.4, -0.2) is 29.9 Å². The Labute approximate surface area is 190 Å². The zero-order valence-electron chi connectivity index (χ0n) is 17.9. The van der Waals surface area contributed by atoms with Crippen molar-refractivity contribution in [1.29, 1.82) is 0 Å². The Morgan fingerprint density at radius 3 is 2.75 bits per heavy atom. The van der Waals surface area contributed by atoms with Crippen LogP contribution in [0.3, 0.4) is 0 Å². The monoisotopic (exact) mass is 445 g/mol. The van der Waals surface area contributed by atoms with Crippen molar-refractivity contribution in [3.05, 3.63) is 82.4 Å². The number of amides is 1. The summed E-state index contributed by atoms with van der Waals surface area (Å²) >= 11 is 1.55. The second-order valence-corrected chi connectivity index (χ2v) is 8.66. The lowest BCUT2D eigenvalue weighted by atomic mass is 9.91. The fourth-order valence-electron chi connectivity index (χ4n) is 4.17. The number of anilines is 1. The summed E-state index contributed by atoms with van der Waals surface area (Å²) in [6, 6.07) is 18.0. The molecule has 6 nitrogen and oxygen atoms in total. The van der Waals surface area contributed by atoms with Crippen molar-refractivity contribution in [2.45, 2.75) is 19.4 Å². The molecule has 5 rings (SSSR count). The molecule has 1 aliphatic rings. The largest absolute Gasteiger partial charge is 0.493 e. The molecule has 162 valence electrons. The Balaban J connectivity index is 1.38. The first-order valence-corrected chi connectivity index (χ1v) is 11.2. The smallest absolute Gasteiger partial charge is 0.266 e. The predicted octanol–water partition coefficient (Wildman–Crippen LogP) is 5.03. The minimum atomic E-state index is -0.124. The van der Waals surface area contributed by atoms with Gasteiger partial charge in [0.05, 0.1) is 31.8 Å². The van der Waals surface area contributed by atoms with E-state index in [-0.39, 0.29) is 5.91 Å². The summed E-state index contributed by atoms with van der Waals surface area (Å²) in [5.41, 5.74) is 4.75. The van der Waals surface area contributed by atoms with Gasteiger partial charge in [0.25, 0.3) is 5.91 Å². The Kier molecular flexibility index (Phi) is 5.41. The number of fused-ring (bicyclic) bond motifs is 3. The molecule has 2 aromatic heterocycles. The van der Waals surface area contributed by atoms with Crippen LogP contribution in [0.4, 0.5) is 5.82 Å². The van der Waals surface area contributed by atoms with Gasteiger partial charge in [0, 0.05) is 16.5 Å². The van der Waals surface area contributed by atoms with Crippen LogP contribution in [0, 0.1) is 0 Å². The Hall–Kier alpha value is -3.58. The van der Waals surface area contributed by atoms with Crippen molar-refractivity contribution in [1.82, 2.24) is 9.78 Å². The number of benzene rings is 2. The van der Waals surface area contributed by atoms with Crippen molar-refractivity contribution in [2.24, 2.45) is 0 Å². The minimum Gasteiger partial charge on any atom is -0.493 e. The van der Waals surface area contributed by atoms with Gasteiger partial charge >= 0.3 is 0 Å². The summed E-state index contributed by atoms with van der Waals surface area (Å²) in [6.45, 7) is 0.442. The predicted molar refractivity (Wildman–Crippen MR) is 126 cm³/mol. The van der Waals surface area contributed by atoms with E-state index in [1.165, 1.54) is 21.6 Å². The highest BCUT2D eigenvalue weighted by Gasteiger charge is 2.22. The van der Waals surface area contributed by atoms with E-state index in [2.05, 4.69) is 34.7 Å². The van der Waals surface area contributed by atoms with Crippen LogP contribution >= 0.6 is 11.3 Å². The summed E-state index contributed by atoms with van der Waals surface area (Å²) in [4.78, 5) is 15.0. The van der Waals surface area contributed by atoms with E-state index < -0.39 is 0 Å². The van der Waals surface area contributed by atoms with E-state index in [0.717, 1.165) is 18.4 Å². The first kappa shape index (κ1) is 20.3. The molecule has 0 saturated carbocycles. The van der Waals surface area contributed by atoms with Crippen molar-refractivity contribution < 1.29 is 14.3 Å². The molecule has 4 aromatic rings. The van der Waals surface area contributed by atoms with E-state index in [9.17, 15) is 4.79 Å². The maximum atomic E-state index is 13.1. The highest BCUT2D eigenvalue weighted by Crippen LogP contribution is 2.39. The number of carbonyl (C=O) groups excluding carboxylic acids is 1. The lowest BCUT2D eigenvalue weighted by molar-refractivity contribution is 0.102. The number of nitrogens with zero attached hydrogens (tertiary/aromatic N) is 2. The van der Waals surface area contributed by atoms with Gasteiger partial charge in [-0.05, 0) is 41.7 Å². The van der Waals surface area contributed by atoms with Gasteiger partial charge < -0.3 is 14.8 Å². The highest BCUT2D eigenvalue weighted by atomic mass is 32.1. The molecule has 0 fully saturated rings. The molecule has 7 heteroatoms. The van der Waals surface area contributed by atoms with Crippen LogP contribution in [-0.2, 0) is 19.4 Å². The van der Waals surface area contributed by atoms with Gasteiger partial charge in [-0.1, -0.05) is 36.4 Å². The topological polar surface area (TPSA) is 65.4 Å². The number of rotatable bonds is 6. The third-order valence-electron chi connectivity index (χ3n) is 5.72. The summed E-state index contributed by atoms with van der Waals surface area (Å²) in [5.74, 6) is 1.83. The molecule has 0 atom stereocenters. The maximum Gasteiger partial charge on any atom is 0.266 e. The molecule has 0 aliphatic heterocycles. The second kappa shape index (κ2) is 8.51. The van der Waals surface area contributed by atoms with Gasteiger partial charge in [0.2, 0.25) is 0 Å². The molecule has 0 unspecified atom stereocenters. The summed E-state index contributed by atoms with van der Waals surface area (Å²) in [7, 11) is 3.23. The van der Waals surface area contributed by atoms with Crippen molar-refractivity contribution in [3.63, 3.8) is 0 Å². The number of ether oxygens (including phenoxy) is 2. The van der Waals surface area contributed by atoms with Crippen LogP contribution in [0.5, 0.6) is 11.5 Å². The molecule has 2 heterocycles. The Bertz CT molecular complexity index is 1290. The first-order valence-electron chi connectivity index (χ1n) is 10.4. The number of methoxy groups -OCH3 is 2. The highest BCUT2D eigenvalue weighted by molar-refractivity contribution is 7.17. The normalized spacial score (nSPS) is 12.1. The second-order valence-electron chi connectivity index (χ2n) is 7.60. The van der Waals surface area contributed by atoms with Crippen LogP contribution in [0.25, 0.3) is 10.4 Å². The molecule has 1 amide bonds. The van der Waals surface area contributed by atoms with E-state index in [0.29, 0.717) is 28.7 Å². The van der Waals surface area contributed by atoms with E-state index in [1.807, 2.05) is 24.3 Å². The molecular weight excluding hydrogens is 422 g/mol. The average Bonchev–Trinajstić information content (AvgIpc) is 3.46. The van der Waals surface area contributed by atoms with Gasteiger partial charge in [-0.2, -0.15) is 5.10 Å². The standard InChI is InChI=1S/C25H23N3O3S/c1-30-20-9-5-7-18(23(20)31-2)15-28-22(12-13-26-28)27-25(29)21-14-17-11-10-16-6-3-4-8-19(16)24(17)32-21/h3-9,12-14H,10-11,15H2,1-2H3,(H,27,29). The third-order valence-corrected chi connectivity index (χ3v) is 6.93. The lowest BCUT2D eigenvalue weighted by Crippen LogP contribution is -2.15. The molecule has 1 N–H and O–H groups in total. The van der Waals surface area contributed by atoms with Crippen LogP contribution in [0.2, 0.25) is 0 Å². The molecule has 0 spiro atoms. The van der Waals surface area contributed by atoms with Crippen molar-refractivity contribution >= 4 is 23.1 Å². The number of carbonyl (C=O) groups is 1. The number of hydrogen-bond acceptors (Lipinski definition) is 5. The molecule has 2 aromatic carbocycles. The zero-order valence-corrected chi connectivity index (χ0v) is 18.7. The van der Waals surface area contributed by atoms with Crippen LogP contribution in [0.1, 0.15) is 26.4 Å². The minimum absolute atomic E-state index is 0.124. The quantitative estimate of drug-likeness (QED) is 0.452. The molecule has 0 saturated heterocycles. The SMILES string of the molecule is COc1cccc(Cn2nccc2NC(=O)c2cc3c(s2)-c2ccccc2CC3)c1OC. The number of para-hydroxylation sites is 1. The average molecular weight is 446 g/mol. The fraction of sp³-hybridized carbons (Fsp3) is 0.200. The van der Waals surface area contributed by atoms with E-state index >= 15 is 0 Å². The van der Waals surface area contributed by atoms with Gasteiger partial charge in [-0.15, -0.1) is 11.3 Å². The number of aromatic nitrogens is 2. The van der Waals surface area contributed by atoms with Gasteiger partial charge in [0.15, 0.2) is 11.5 Å². The zero-order chi connectivity index (χ0) is 22.1. The number of thiophene rings is 1. The molecular formula is C25H23N3O3S. The third kappa shape index (κ3) is 3.65. The van der Waals surface area contributed by atoms with Crippen LogP contribution < -0.4 is 14.8 Å². The van der Waals surface area contributed by atoms with Gasteiger partial charge in [0.1, 0.15) is 5.82 Å². The van der Waals surface area contributed by atoms with E-state index in [1.54, 1.807) is 42.5 Å². The molecule has 0 radical (unpaired) electrons. The summed E-state index contributed by atoms with van der Waals surface area (Å²) in [6.07, 6.45) is 3.65. The molecule has 0 bridgehead atoms. The molecule has 1 aliphatic carbocycles. The maximum absolute atomic E-state index is 13.1. The first-order chi connectivity index (χ1) is 15.7. The fourth-order valence-corrected chi connectivity index (χ4v) is 5.33. The summed E-state index contributed by atoms with van der Waals surface area (Å²) in [5, 5.41) is 7.42. The lowest BCUT2D eigenvalue weighted by Gasteiger charge is -2.15. The molecule has 32 heavy (non-hydrogen) atoms. The van der Waals surface area contributed by atoms with E-state index in [4.69, 9.17) is 9.47 Å². The van der Waals surface area contributed by atoms with Crippen LogP contribution in [0.15, 0.2) is 60.8 Å².